The van der Waals surface area contributed by atoms with Gasteiger partial charge in [0.05, 0.1) is 89.7 Å². The molecular weight excluding hydrogens is 1280 g/mol. The summed E-state index contributed by atoms with van der Waals surface area (Å²) in [4.78, 5) is 71.6. The Bertz CT molecular complexity index is 4230. The predicted molar refractivity (Wildman–Crippen MR) is 309 cm³/mol. The first-order chi connectivity index (χ1) is 45.9. The number of rotatable bonds is 12. The maximum absolute atomic E-state index is 14.8. The van der Waals surface area contributed by atoms with Gasteiger partial charge < -0.3 is 14.7 Å². The highest BCUT2D eigenvalue weighted by atomic mass is 19.4. The number of carbonyl (C=O) groups is 3. The smallest absolute Gasteiger partial charge is 0.332 e. The van der Waals surface area contributed by atoms with E-state index in [2.05, 4.69) is 60.5 Å². The lowest BCUT2D eigenvalue weighted by molar-refractivity contribution is -0.142. The van der Waals surface area contributed by atoms with Crippen molar-refractivity contribution < 1.29 is 67.1 Å². The zero-order chi connectivity index (χ0) is 67.4. The van der Waals surface area contributed by atoms with Crippen molar-refractivity contribution in [3.63, 3.8) is 0 Å². The van der Waals surface area contributed by atoms with E-state index in [0.717, 1.165) is 82.1 Å². The van der Waals surface area contributed by atoms with Gasteiger partial charge in [0.15, 0.2) is 17.1 Å². The fraction of sp³-hybridized carbons (Fsp3) is 0.381. The van der Waals surface area contributed by atoms with Crippen LogP contribution in [0.2, 0.25) is 0 Å². The molecular formula is C63H54F12N18O3. The van der Waals surface area contributed by atoms with Crippen LogP contribution < -0.4 is 0 Å². The molecule has 498 valence electrons. The molecule has 6 bridgehead atoms. The molecule has 0 saturated carbocycles. The molecule has 6 aliphatic rings. The minimum atomic E-state index is -4.54. The second kappa shape index (κ2) is 25.9. The number of aromatic nitrogens is 15. The van der Waals surface area contributed by atoms with Gasteiger partial charge in [-0.3, -0.25) is 29.3 Å². The lowest BCUT2D eigenvalue weighted by Gasteiger charge is -2.25. The zero-order valence-corrected chi connectivity index (χ0v) is 50.1. The highest BCUT2D eigenvalue weighted by molar-refractivity contribution is 6.00. The number of amides is 3. The summed E-state index contributed by atoms with van der Waals surface area (Å²) in [7, 11) is 0. The Morgan fingerprint density at radius 3 is 1.18 bits per heavy atom. The maximum Gasteiger partial charge on any atom is 0.434 e. The number of halogens is 12. The number of nitrogens with zero attached hydrogens (tertiary/aromatic N) is 18. The Hall–Kier alpha value is -10.1. The Morgan fingerprint density at radius 2 is 0.771 bits per heavy atom. The molecule has 0 aliphatic carbocycles. The van der Waals surface area contributed by atoms with Crippen LogP contribution in [0.4, 0.5) is 52.7 Å². The van der Waals surface area contributed by atoms with Crippen molar-refractivity contribution in [3.8, 4) is 17.1 Å². The number of hydrogen-bond acceptors (Lipinski definition) is 15. The van der Waals surface area contributed by atoms with E-state index in [1.165, 1.54) is 100 Å². The lowest BCUT2D eigenvalue weighted by atomic mass is 9.86. The molecule has 0 spiro atoms. The van der Waals surface area contributed by atoms with Gasteiger partial charge in [0, 0.05) is 60.9 Å². The number of hydrogen-bond donors (Lipinski definition) is 0. The van der Waals surface area contributed by atoms with Crippen molar-refractivity contribution in [1.29, 1.82) is 0 Å². The van der Waals surface area contributed by atoms with Crippen LogP contribution in [0, 0.1) is 35.2 Å². The summed E-state index contributed by atoms with van der Waals surface area (Å²) < 4.78 is 157. The molecule has 96 heavy (non-hydrogen) atoms. The van der Waals surface area contributed by atoms with Gasteiger partial charge in [-0.25, -0.2) is 28.1 Å². The summed E-state index contributed by atoms with van der Waals surface area (Å²) in [6.07, 6.45) is 8.96. The van der Waals surface area contributed by atoms with Crippen LogP contribution in [0.1, 0.15) is 123 Å². The molecule has 6 aromatic heterocycles. The van der Waals surface area contributed by atoms with E-state index in [-0.39, 0.29) is 88.3 Å². The third-order valence-electron chi connectivity index (χ3n) is 18.6. The Kier molecular flexibility index (Phi) is 17.4. The van der Waals surface area contributed by atoms with Crippen molar-refractivity contribution in [1.82, 2.24) is 89.6 Å². The summed E-state index contributed by atoms with van der Waals surface area (Å²) in [5.74, 6) is -2.52. The Labute approximate surface area is 536 Å². The molecule has 33 heteroatoms. The molecule has 9 aromatic rings. The van der Waals surface area contributed by atoms with Crippen LogP contribution in [-0.2, 0) is 37.8 Å². The quantitative estimate of drug-likeness (QED) is 0.104. The van der Waals surface area contributed by atoms with Crippen molar-refractivity contribution in [2.45, 2.75) is 132 Å². The molecule has 21 nitrogen and oxygen atoms in total. The molecule has 0 radical (unpaired) electrons. The minimum absolute atomic E-state index is 0.0124. The molecule has 6 aliphatic heterocycles. The summed E-state index contributed by atoms with van der Waals surface area (Å²) in [6.45, 7) is 0. The first kappa shape index (κ1) is 64.6. The topological polar surface area (TPSA) is 230 Å². The van der Waals surface area contributed by atoms with Crippen LogP contribution in [-0.4, -0.2) is 144 Å². The number of benzene rings is 3. The van der Waals surface area contributed by atoms with Crippen LogP contribution in [0.3, 0.4) is 0 Å². The average molecular weight is 1340 g/mol. The summed E-state index contributed by atoms with van der Waals surface area (Å²) in [5.41, 5.74) is -0.440. The average Bonchev–Trinajstić information content (AvgIpc) is 1.62. The van der Waals surface area contributed by atoms with Gasteiger partial charge in [-0.1, -0.05) is 6.07 Å². The van der Waals surface area contributed by atoms with E-state index >= 15 is 0 Å². The van der Waals surface area contributed by atoms with E-state index in [1.807, 2.05) is 4.90 Å². The monoisotopic (exact) mass is 1340 g/mol. The van der Waals surface area contributed by atoms with Crippen molar-refractivity contribution in [2.24, 2.45) is 17.8 Å². The van der Waals surface area contributed by atoms with Crippen molar-refractivity contribution >= 4 is 17.7 Å². The van der Waals surface area contributed by atoms with Gasteiger partial charge in [0.25, 0.3) is 17.7 Å². The molecule has 12 heterocycles. The summed E-state index contributed by atoms with van der Waals surface area (Å²) >= 11 is 0. The highest BCUT2D eigenvalue weighted by Gasteiger charge is 2.52. The minimum Gasteiger partial charge on any atom is -0.332 e. The van der Waals surface area contributed by atoms with Crippen LogP contribution >= 0.6 is 0 Å². The molecule has 6 saturated heterocycles. The van der Waals surface area contributed by atoms with Gasteiger partial charge in [-0.2, -0.15) is 84.5 Å². The SMILES string of the molecule is O=C(c1c(F)cccc1-n1nccn1)N1C2CCC1C(Cc1cnc(C(F)(F)F)cn1)C2.O=C(c1cc(F)ccc1-n1nccn1)N1C2CCC1C(Cc1cnc(C(F)(F)F)cn1)C2.O=C(c1ccc(F)cc1-n1nccn1)N1C2CCC1C(Cc1cnc(C(F)(F)F)cn1)C2. The van der Waals surface area contributed by atoms with Crippen LogP contribution in [0.5, 0.6) is 0 Å². The van der Waals surface area contributed by atoms with E-state index in [4.69, 9.17) is 0 Å². The Balaban J connectivity index is 0.000000130. The van der Waals surface area contributed by atoms with Crippen LogP contribution in [0.25, 0.3) is 17.1 Å². The fourth-order valence-corrected chi connectivity index (χ4v) is 14.6. The largest absolute Gasteiger partial charge is 0.434 e. The van der Waals surface area contributed by atoms with E-state index in [1.54, 1.807) is 15.9 Å². The Morgan fingerprint density at radius 1 is 0.396 bits per heavy atom. The summed E-state index contributed by atoms with van der Waals surface area (Å²) in [6, 6.07) is 11.7. The zero-order valence-electron chi connectivity index (χ0n) is 50.1. The molecule has 15 rings (SSSR count). The standard InChI is InChI=1S/3C21H18F4N6O/c22-13-1-3-18(31-28-5-6-29-31)16(9-13)20(32)30-15-2-4-17(30)12(8-15)7-14-10-27-19(11-26-14)21(23,24)25;22-13-1-3-16(18(9-13)31-28-5-6-29-31)20(32)30-15-2-4-17(30)12(8-15)7-14-10-27-19(11-26-14)21(23,24)25;22-15-2-1-3-17(31-28-6-7-29-31)19(15)20(32)30-14-4-5-16(30)12(9-14)8-13-10-27-18(11-26-13)21(23,24)25/h2*1,3,5-6,9-12,15,17H,2,4,7-8H2;1-3,6-7,10-12,14,16H,4-5,8-9H2. The van der Waals surface area contributed by atoms with Gasteiger partial charge in [-0.15, -0.1) is 0 Å². The van der Waals surface area contributed by atoms with E-state index in [9.17, 15) is 67.1 Å². The second-order valence-corrected chi connectivity index (χ2v) is 24.2. The van der Waals surface area contributed by atoms with E-state index in [0.29, 0.717) is 60.4 Å². The predicted octanol–water partition coefficient (Wildman–Crippen LogP) is 10.4. The first-order valence-corrected chi connectivity index (χ1v) is 30.5. The maximum atomic E-state index is 14.8. The third-order valence-corrected chi connectivity index (χ3v) is 18.6. The number of carbonyl (C=O) groups excluding carboxylic acids is 3. The van der Waals surface area contributed by atoms with Crippen molar-refractivity contribution in [2.75, 3.05) is 0 Å². The van der Waals surface area contributed by atoms with Crippen LogP contribution in [0.15, 0.2) is 129 Å². The first-order valence-electron chi connectivity index (χ1n) is 30.5. The van der Waals surface area contributed by atoms with Gasteiger partial charge in [-0.05, 0) is 137 Å². The lowest BCUT2D eigenvalue weighted by Crippen LogP contribution is -2.38. The molecule has 3 amide bonds. The molecule has 3 aromatic carbocycles. The third kappa shape index (κ3) is 13.1. The molecule has 9 unspecified atom stereocenters. The van der Waals surface area contributed by atoms with Gasteiger partial charge in [0.2, 0.25) is 0 Å². The normalized spacial score (nSPS) is 22.5. The second-order valence-electron chi connectivity index (χ2n) is 24.2. The molecule has 0 N–H and O–H groups in total. The number of alkyl halides is 9. The molecule has 6 fully saturated rings. The van der Waals surface area contributed by atoms with Crippen molar-refractivity contribution in [3.05, 3.63) is 197 Å². The van der Waals surface area contributed by atoms with E-state index < -0.39 is 59.0 Å². The summed E-state index contributed by atoms with van der Waals surface area (Å²) in [5, 5.41) is 24.2. The van der Waals surface area contributed by atoms with Gasteiger partial charge in [0.1, 0.15) is 34.4 Å². The van der Waals surface area contributed by atoms with Gasteiger partial charge >= 0.3 is 18.5 Å². The highest BCUT2D eigenvalue weighted by Crippen LogP contribution is 2.47. The molecule has 9 atom stereocenters. The fourth-order valence-electron chi connectivity index (χ4n) is 14.6. The number of fused-ring (bicyclic) bond motifs is 6.